The van der Waals surface area contributed by atoms with Gasteiger partial charge in [-0.15, -0.1) is 0 Å². The molecule has 278 valence electrons. The molecule has 0 saturated carbocycles. The summed E-state index contributed by atoms with van der Waals surface area (Å²) in [5.74, 6) is 2.63. The van der Waals surface area contributed by atoms with Crippen molar-refractivity contribution in [1.82, 2.24) is 43.6 Å². The number of nitrogens with zero attached hydrogens (tertiary/aromatic N) is 9. The van der Waals surface area contributed by atoms with Crippen LogP contribution in [-0.4, -0.2) is 43.6 Å². The summed E-state index contributed by atoms with van der Waals surface area (Å²) in [6.07, 6.45) is 10.9. The molecule has 1 unspecified atom stereocenters. The highest BCUT2D eigenvalue weighted by molar-refractivity contribution is 5.89. The van der Waals surface area contributed by atoms with Crippen LogP contribution < -0.4 is 0 Å². The summed E-state index contributed by atoms with van der Waals surface area (Å²) in [5, 5.41) is 0. The van der Waals surface area contributed by atoms with Crippen molar-refractivity contribution in [2.45, 2.75) is 48.0 Å². The molecule has 1 aliphatic carbocycles. The number of imidazole rings is 3. The Morgan fingerprint density at radius 1 is 0.491 bits per heavy atom. The Balaban J connectivity index is 1.34. The maximum Gasteiger partial charge on any atom is 0.164 e. The highest BCUT2D eigenvalue weighted by Crippen LogP contribution is 2.41. The zero-order valence-corrected chi connectivity index (χ0v) is 32.9. The smallest absolute Gasteiger partial charge is 0.164 e. The normalized spacial score (nSPS) is 14.5. The molecule has 6 heterocycles. The molecule has 6 aromatic heterocycles. The van der Waals surface area contributed by atoms with E-state index in [1.54, 1.807) is 0 Å². The van der Waals surface area contributed by atoms with Crippen molar-refractivity contribution in [3.63, 3.8) is 0 Å². The first-order chi connectivity index (χ1) is 27.8. The second kappa shape index (κ2) is 13.3. The molecular weight excluding hydrogens is 703 g/mol. The minimum absolute atomic E-state index is 0.259. The minimum atomic E-state index is 0.259. The van der Waals surface area contributed by atoms with Gasteiger partial charge in [0.1, 0.15) is 34.0 Å². The van der Waals surface area contributed by atoms with E-state index >= 15 is 0 Å². The lowest BCUT2D eigenvalue weighted by Crippen LogP contribution is -2.12. The Labute approximate surface area is 330 Å². The van der Waals surface area contributed by atoms with E-state index < -0.39 is 0 Å². The standard InChI is InChI=1S/C48H41N9/c1-28-13-7-14-29(2)40(28)55-43(52-37-19-10-22-49-46(37)55)34-25-35(44-53-38-20-11-23-50-47(38)56(44)41-30(3)15-8-16-31(41)4)27-36(26-34)45-54-39-21-12-24-51-48(39)57(45)42-32(5)17-9-18-33(42)6/h7-17,19-27,33H,18H2,1-6H3. The second-order valence-corrected chi connectivity index (χ2v) is 15.2. The third kappa shape index (κ3) is 5.52. The van der Waals surface area contributed by atoms with Crippen LogP contribution in [0.1, 0.15) is 42.5 Å². The van der Waals surface area contributed by atoms with Crippen LogP contribution in [0.15, 0.2) is 127 Å². The topological polar surface area (TPSA) is 92.1 Å². The fourth-order valence-electron chi connectivity index (χ4n) is 8.73. The van der Waals surface area contributed by atoms with Crippen LogP contribution in [0, 0.1) is 33.6 Å². The van der Waals surface area contributed by atoms with Gasteiger partial charge < -0.3 is 0 Å². The molecule has 9 heteroatoms. The van der Waals surface area contributed by atoms with E-state index in [-0.39, 0.29) is 5.92 Å². The number of benzene rings is 3. The van der Waals surface area contributed by atoms with Gasteiger partial charge in [0.2, 0.25) is 0 Å². The van der Waals surface area contributed by atoms with Crippen molar-refractivity contribution < 1.29 is 0 Å². The SMILES string of the molecule is CC1=C(n2c(-c3cc(-c4nc5cccnc5n4-c4c(C)cccc4C)cc(-c4nc5cccnc5n4-c4c(C)cccc4C)c3)nc3cccnc32)C(C)CC=C1. The summed E-state index contributed by atoms with van der Waals surface area (Å²) >= 11 is 0. The molecule has 0 saturated heterocycles. The van der Waals surface area contributed by atoms with Crippen LogP contribution in [0.5, 0.6) is 0 Å². The molecule has 3 aromatic carbocycles. The third-order valence-electron chi connectivity index (χ3n) is 11.3. The number of hydrogen-bond donors (Lipinski definition) is 0. The molecule has 0 bridgehead atoms. The van der Waals surface area contributed by atoms with Gasteiger partial charge in [-0.25, -0.2) is 29.9 Å². The van der Waals surface area contributed by atoms with E-state index in [2.05, 4.69) is 122 Å². The van der Waals surface area contributed by atoms with Crippen molar-refractivity contribution in [1.29, 1.82) is 0 Å². The predicted molar refractivity (Wildman–Crippen MR) is 229 cm³/mol. The molecular formula is C48H41N9. The van der Waals surface area contributed by atoms with E-state index in [1.807, 2.05) is 55.0 Å². The number of aromatic nitrogens is 9. The number of pyridine rings is 3. The summed E-state index contributed by atoms with van der Waals surface area (Å²) in [6, 6.07) is 31.4. The van der Waals surface area contributed by atoms with Crippen LogP contribution in [0.4, 0.5) is 0 Å². The third-order valence-corrected chi connectivity index (χ3v) is 11.3. The molecule has 10 rings (SSSR count). The van der Waals surface area contributed by atoms with Gasteiger partial charge in [-0.2, -0.15) is 0 Å². The van der Waals surface area contributed by atoms with Gasteiger partial charge in [0, 0.05) is 46.9 Å². The Hall–Kier alpha value is -7.00. The Bertz CT molecular complexity index is 2950. The van der Waals surface area contributed by atoms with Crippen molar-refractivity contribution >= 4 is 39.2 Å². The average molecular weight is 744 g/mol. The Kier molecular flexibility index (Phi) is 8.07. The van der Waals surface area contributed by atoms with E-state index in [1.165, 1.54) is 11.3 Å². The molecule has 0 fully saturated rings. The Morgan fingerprint density at radius 3 is 1.28 bits per heavy atom. The van der Waals surface area contributed by atoms with Crippen molar-refractivity contribution in [2.24, 2.45) is 5.92 Å². The maximum absolute atomic E-state index is 5.36. The van der Waals surface area contributed by atoms with Crippen LogP contribution >= 0.6 is 0 Å². The fourth-order valence-corrected chi connectivity index (χ4v) is 8.73. The molecule has 0 amide bonds. The van der Waals surface area contributed by atoms with Crippen LogP contribution in [0.2, 0.25) is 0 Å². The van der Waals surface area contributed by atoms with Crippen molar-refractivity contribution in [3.8, 4) is 45.5 Å². The van der Waals surface area contributed by atoms with Gasteiger partial charge in [-0.1, -0.05) is 55.5 Å². The zero-order valence-electron chi connectivity index (χ0n) is 32.9. The van der Waals surface area contributed by atoms with Crippen LogP contribution in [-0.2, 0) is 0 Å². The largest absolute Gasteiger partial charge is 0.280 e. The number of aryl methyl sites for hydroxylation is 4. The van der Waals surface area contributed by atoms with Gasteiger partial charge in [0.15, 0.2) is 16.9 Å². The summed E-state index contributed by atoms with van der Waals surface area (Å²) in [6.45, 7) is 13.0. The summed E-state index contributed by atoms with van der Waals surface area (Å²) < 4.78 is 6.70. The average Bonchev–Trinajstić information content (AvgIpc) is 3.90. The molecule has 0 N–H and O–H groups in total. The quantitative estimate of drug-likeness (QED) is 0.168. The second-order valence-electron chi connectivity index (χ2n) is 15.2. The van der Waals surface area contributed by atoms with Crippen LogP contribution in [0.3, 0.4) is 0 Å². The number of hydrogen-bond acceptors (Lipinski definition) is 6. The lowest BCUT2D eigenvalue weighted by Gasteiger charge is -2.24. The van der Waals surface area contributed by atoms with E-state index in [0.29, 0.717) is 0 Å². The first-order valence-electron chi connectivity index (χ1n) is 19.4. The molecule has 9 nitrogen and oxygen atoms in total. The van der Waals surface area contributed by atoms with Crippen LogP contribution in [0.25, 0.3) is 84.7 Å². The van der Waals surface area contributed by atoms with E-state index in [0.717, 1.165) is 108 Å². The summed E-state index contributed by atoms with van der Waals surface area (Å²) in [7, 11) is 0. The molecule has 0 spiro atoms. The highest BCUT2D eigenvalue weighted by atomic mass is 15.2. The minimum Gasteiger partial charge on any atom is -0.280 e. The highest BCUT2D eigenvalue weighted by Gasteiger charge is 2.27. The van der Waals surface area contributed by atoms with Gasteiger partial charge in [-0.3, -0.25) is 13.7 Å². The fraction of sp³-hybridized carbons (Fsp3) is 0.167. The monoisotopic (exact) mass is 743 g/mol. The first-order valence-corrected chi connectivity index (χ1v) is 19.4. The number of fused-ring (bicyclic) bond motifs is 3. The molecule has 0 aliphatic heterocycles. The zero-order chi connectivity index (χ0) is 38.9. The van der Waals surface area contributed by atoms with E-state index in [4.69, 9.17) is 29.9 Å². The maximum atomic E-state index is 5.36. The van der Waals surface area contributed by atoms with E-state index in [9.17, 15) is 0 Å². The van der Waals surface area contributed by atoms with Crippen molar-refractivity contribution in [3.05, 3.63) is 150 Å². The molecule has 1 atom stereocenters. The van der Waals surface area contributed by atoms with Gasteiger partial charge in [-0.05, 0) is 123 Å². The van der Waals surface area contributed by atoms with Gasteiger partial charge >= 0.3 is 0 Å². The van der Waals surface area contributed by atoms with Gasteiger partial charge in [0.05, 0.1) is 11.4 Å². The number of rotatable bonds is 6. The number of para-hydroxylation sites is 2. The molecule has 9 aromatic rings. The lowest BCUT2D eigenvalue weighted by atomic mass is 9.93. The first kappa shape index (κ1) is 34.5. The summed E-state index contributed by atoms with van der Waals surface area (Å²) in [4.78, 5) is 30.8. The molecule has 1 aliphatic rings. The predicted octanol–water partition coefficient (Wildman–Crippen LogP) is 11.0. The molecule has 57 heavy (non-hydrogen) atoms. The van der Waals surface area contributed by atoms with Crippen molar-refractivity contribution in [2.75, 3.05) is 0 Å². The van der Waals surface area contributed by atoms with Gasteiger partial charge in [0.25, 0.3) is 0 Å². The summed E-state index contributed by atoms with van der Waals surface area (Å²) in [5.41, 5.74) is 16.7. The number of allylic oxidation sites excluding steroid dienone is 4. The lowest BCUT2D eigenvalue weighted by molar-refractivity contribution is 0.711. The Morgan fingerprint density at radius 2 is 0.877 bits per heavy atom. The molecule has 0 radical (unpaired) electrons.